The summed E-state index contributed by atoms with van der Waals surface area (Å²) in [6.07, 6.45) is 7.05. The van der Waals surface area contributed by atoms with Crippen LogP contribution in [0.5, 0.6) is 0 Å². The summed E-state index contributed by atoms with van der Waals surface area (Å²) in [6, 6.07) is -0.258. The minimum Gasteiger partial charge on any atom is -0.382 e. The molecule has 104 valence electrons. The number of carbonyl (C=O) groups is 1. The van der Waals surface area contributed by atoms with Gasteiger partial charge in [0.25, 0.3) is 5.91 Å². The summed E-state index contributed by atoms with van der Waals surface area (Å²) < 4.78 is 0. The van der Waals surface area contributed by atoms with Gasteiger partial charge in [-0.25, -0.2) is 4.98 Å². The Labute approximate surface area is 118 Å². The molecule has 1 aromatic heterocycles. The van der Waals surface area contributed by atoms with E-state index in [9.17, 15) is 4.79 Å². The van der Waals surface area contributed by atoms with Crippen LogP contribution in [0.1, 0.15) is 36.4 Å². The molecular formula is C13H20N4OS. The first-order valence-corrected chi connectivity index (χ1v) is 7.09. The third kappa shape index (κ3) is 3.86. The highest BCUT2D eigenvalue weighted by Gasteiger charge is 2.19. The molecule has 0 bridgehead atoms. The van der Waals surface area contributed by atoms with Crippen molar-refractivity contribution in [2.45, 2.75) is 32.7 Å². The van der Waals surface area contributed by atoms with Gasteiger partial charge >= 0.3 is 0 Å². The molecule has 0 fully saturated rings. The van der Waals surface area contributed by atoms with Crippen molar-refractivity contribution in [2.24, 2.45) is 0 Å². The van der Waals surface area contributed by atoms with Crippen molar-refractivity contribution in [1.82, 2.24) is 10.3 Å². The van der Waals surface area contributed by atoms with E-state index in [2.05, 4.69) is 16.2 Å². The lowest BCUT2D eigenvalue weighted by molar-refractivity contribution is 0.0949. The fraction of sp³-hybridized carbons (Fsp3) is 0.538. The van der Waals surface area contributed by atoms with E-state index < -0.39 is 0 Å². The molecule has 5 nitrogen and oxygen atoms in total. The van der Waals surface area contributed by atoms with Crippen molar-refractivity contribution >= 4 is 28.2 Å². The number of anilines is 2. The van der Waals surface area contributed by atoms with Crippen LogP contribution in [0.15, 0.2) is 0 Å². The van der Waals surface area contributed by atoms with Gasteiger partial charge in [0.15, 0.2) is 5.13 Å². The van der Waals surface area contributed by atoms with Crippen LogP contribution < -0.4 is 16.0 Å². The standard InChI is InChI=1S/C13H20N4OS/c1-5-8-9(6-2)15-12(18)10-11(14)16-13(19-10)17(4)7-3/h2,9H,5,7-8,14H2,1,3-4H3,(H,15,18). The smallest absolute Gasteiger partial charge is 0.266 e. The van der Waals surface area contributed by atoms with E-state index in [0.29, 0.717) is 4.88 Å². The van der Waals surface area contributed by atoms with Crippen LogP contribution in [0.3, 0.4) is 0 Å². The van der Waals surface area contributed by atoms with E-state index in [-0.39, 0.29) is 17.8 Å². The average Bonchev–Trinajstić information content (AvgIpc) is 2.79. The molecule has 0 aromatic carbocycles. The van der Waals surface area contributed by atoms with Crippen LogP contribution in [-0.2, 0) is 0 Å². The Hall–Kier alpha value is -1.74. The summed E-state index contributed by atoms with van der Waals surface area (Å²) in [6.45, 7) is 4.83. The normalized spacial score (nSPS) is 11.7. The van der Waals surface area contributed by atoms with Gasteiger partial charge in [-0.05, 0) is 13.3 Å². The molecule has 0 aliphatic rings. The molecule has 19 heavy (non-hydrogen) atoms. The number of terminal acetylenes is 1. The predicted octanol–water partition coefficient (Wildman–Crippen LogP) is 1.71. The molecule has 0 spiro atoms. The van der Waals surface area contributed by atoms with Gasteiger partial charge in [-0.3, -0.25) is 4.79 Å². The lowest BCUT2D eigenvalue weighted by atomic mass is 10.2. The van der Waals surface area contributed by atoms with Crippen LogP contribution in [0.25, 0.3) is 0 Å². The maximum absolute atomic E-state index is 12.1. The third-order valence-corrected chi connectivity index (χ3v) is 3.92. The first kappa shape index (κ1) is 15.3. The summed E-state index contributed by atoms with van der Waals surface area (Å²) in [4.78, 5) is 18.6. The lowest BCUT2D eigenvalue weighted by Crippen LogP contribution is -2.33. The van der Waals surface area contributed by atoms with Crippen molar-refractivity contribution in [3.8, 4) is 12.3 Å². The van der Waals surface area contributed by atoms with Gasteiger partial charge in [0.05, 0.1) is 6.04 Å². The topological polar surface area (TPSA) is 71.2 Å². The minimum atomic E-state index is -0.258. The zero-order chi connectivity index (χ0) is 14.4. The Bertz CT molecular complexity index is 477. The number of hydrogen-bond donors (Lipinski definition) is 2. The van der Waals surface area contributed by atoms with Crippen molar-refractivity contribution in [1.29, 1.82) is 0 Å². The van der Waals surface area contributed by atoms with E-state index in [0.717, 1.165) is 24.5 Å². The monoisotopic (exact) mass is 280 g/mol. The SMILES string of the molecule is C#CC(CCC)NC(=O)c1sc(N(C)CC)nc1N. The summed E-state index contributed by atoms with van der Waals surface area (Å²) in [7, 11) is 1.90. The quantitative estimate of drug-likeness (QED) is 0.778. The number of amides is 1. The van der Waals surface area contributed by atoms with E-state index in [1.807, 2.05) is 25.8 Å². The second kappa shape index (κ2) is 7.00. The molecule has 1 aromatic rings. The van der Waals surface area contributed by atoms with Gasteiger partial charge in [-0.1, -0.05) is 30.6 Å². The number of nitrogen functional groups attached to an aromatic ring is 1. The fourth-order valence-electron chi connectivity index (χ4n) is 1.49. The van der Waals surface area contributed by atoms with Gasteiger partial charge < -0.3 is 16.0 Å². The summed E-state index contributed by atoms with van der Waals surface area (Å²) in [5.74, 6) is 2.57. The average molecular weight is 280 g/mol. The number of nitrogens with zero attached hydrogens (tertiary/aromatic N) is 2. The minimum absolute atomic E-state index is 0.248. The molecule has 0 saturated heterocycles. The summed E-state index contributed by atoms with van der Waals surface area (Å²) in [5.41, 5.74) is 5.79. The first-order chi connectivity index (χ1) is 9.03. The maximum atomic E-state index is 12.1. The summed E-state index contributed by atoms with van der Waals surface area (Å²) in [5, 5.41) is 3.53. The Balaban J connectivity index is 2.83. The summed E-state index contributed by atoms with van der Waals surface area (Å²) >= 11 is 1.28. The molecule has 0 radical (unpaired) electrons. The fourth-order valence-corrected chi connectivity index (χ4v) is 2.40. The van der Waals surface area contributed by atoms with Gasteiger partial charge in [-0.15, -0.1) is 6.42 Å². The third-order valence-electron chi connectivity index (χ3n) is 2.73. The molecular weight excluding hydrogens is 260 g/mol. The van der Waals surface area contributed by atoms with Gasteiger partial charge in [0.1, 0.15) is 10.7 Å². The number of hydrogen-bond acceptors (Lipinski definition) is 5. The van der Waals surface area contributed by atoms with Gasteiger partial charge in [-0.2, -0.15) is 0 Å². The number of carbonyl (C=O) groups excluding carboxylic acids is 1. The molecule has 1 rings (SSSR count). The first-order valence-electron chi connectivity index (χ1n) is 6.27. The van der Waals surface area contributed by atoms with Crippen molar-refractivity contribution in [2.75, 3.05) is 24.2 Å². The van der Waals surface area contributed by atoms with Crippen LogP contribution in [0, 0.1) is 12.3 Å². The second-order valence-electron chi connectivity index (χ2n) is 4.21. The van der Waals surface area contributed by atoms with Crippen LogP contribution in [0.4, 0.5) is 10.9 Å². The zero-order valence-electron chi connectivity index (χ0n) is 11.6. The molecule has 0 saturated carbocycles. The van der Waals surface area contributed by atoms with Crippen LogP contribution in [-0.4, -0.2) is 30.5 Å². The van der Waals surface area contributed by atoms with E-state index in [1.54, 1.807) is 0 Å². The van der Waals surface area contributed by atoms with Crippen LogP contribution in [0.2, 0.25) is 0 Å². The van der Waals surface area contributed by atoms with E-state index in [1.165, 1.54) is 11.3 Å². The number of rotatable bonds is 6. The Kier molecular flexibility index (Phi) is 5.64. The largest absolute Gasteiger partial charge is 0.382 e. The number of aromatic nitrogens is 1. The molecule has 0 aliphatic carbocycles. The van der Waals surface area contributed by atoms with Crippen molar-refractivity contribution < 1.29 is 4.79 Å². The van der Waals surface area contributed by atoms with Gasteiger partial charge in [0, 0.05) is 13.6 Å². The van der Waals surface area contributed by atoms with Crippen molar-refractivity contribution in [3.63, 3.8) is 0 Å². The number of nitrogens with two attached hydrogens (primary N) is 1. The lowest BCUT2D eigenvalue weighted by Gasteiger charge is -2.11. The Morgan fingerprint density at radius 1 is 1.63 bits per heavy atom. The zero-order valence-corrected chi connectivity index (χ0v) is 12.4. The predicted molar refractivity (Wildman–Crippen MR) is 80.5 cm³/mol. The number of thiazole rings is 1. The molecule has 3 N–H and O–H groups in total. The highest BCUT2D eigenvalue weighted by Crippen LogP contribution is 2.27. The van der Waals surface area contributed by atoms with Gasteiger partial charge in [0.2, 0.25) is 0 Å². The molecule has 1 unspecified atom stereocenters. The van der Waals surface area contributed by atoms with Crippen molar-refractivity contribution in [3.05, 3.63) is 4.88 Å². The van der Waals surface area contributed by atoms with E-state index in [4.69, 9.17) is 12.2 Å². The van der Waals surface area contributed by atoms with E-state index >= 15 is 0 Å². The molecule has 1 atom stereocenters. The van der Waals surface area contributed by atoms with Crippen LogP contribution >= 0.6 is 11.3 Å². The maximum Gasteiger partial charge on any atom is 0.266 e. The second-order valence-corrected chi connectivity index (χ2v) is 5.18. The Morgan fingerprint density at radius 2 is 2.32 bits per heavy atom. The molecule has 0 aliphatic heterocycles. The molecule has 1 heterocycles. The Morgan fingerprint density at radius 3 is 2.84 bits per heavy atom. The molecule has 6 heteroatoms. The highest BCUT2D eigenvalue weighted by molar-refractivity contribution is 7.18. The molecule has 1 amide bonds. The highest BCUT2D eigenvalue weighted by atomic mass is 32.1. The number of nitrogens with one attached hydrogen (secondary N) is 1.